The number of carbonyl (C=O) groups excluding carboxylic acids is 1. The highest BCUT2D eigenvalue weighted by molar-refractivity contribution is 5.94. The zero-order chi connectivity index (χ0) is 15.3. The Morgan fingerprint density at radius 3 is 2.55 bits per heavy atom. The van der Waals surface area contributed by atoms with E-state index in [0.29, 0.717) is 18.6 Å². The van der Waals surface area contributed by atoms with Gasteiger partial charge in [0, 0.05) is 12.7 Å². The highest BCUT2D eigenvalue weighted by atomic mass is 19.4. The van der Waals surface area contributed by atoms with Crippen molar-refractivity contribution in [3.8, 4) is 0 Å². The van der Waals surface area contributed by atoms with Crippen LogP contribution in [0, 0.1) is 5.82 Å². The van der Waals surface area contributed by atoms with Crippen LogP contribution < -0.4 is 5.32 Å². The lowest BCUT2D eigenvalue weighted by atomic mass is 10.1. The highest BCUT2D eigenvalue weighted by Gasteiger charge is 2.34. The van der Waals surface area contributed by atoms with E-state index in [2.05, 4.69) is 5.32 Å². The predicted molar refractivity (Wildman–Crippen MR) is 64.8 cm³/mol. The molecule has 20 heavy (non-hydrogen) atoms. The van der Waals surface area contributed by atoms with Crippen molar-refractivity contribution in [2.24, 2.45) is 0 Å². The van der Waals surface area contributed by atoms with Crippen molar-refractivity contribution in [2.75, 3.05) is 13.7 Å². The highest BCUT2D eigenvalue weighted by Crippen LogP contribution is 2.31. The number of halogens is 4. The van der Waals surface area contributed by atoms with E-state index in [1.54, 1.807) is 6.92 Å². The van der Waals surface area contributed by atoms with Gasteiger partial charge < -0.3 is 10.1 Å². The van der Waals surface area contributed by atoms with E-state index < -0.39 is 23.5 Å². The average molecular weight is 293 g/mol. The molecule has 0 fully saturated rings. The lowest BCUT2D eigenvalue weighted by Crippen LogP contribution is -2.37. The summed E-state index contributed by atoms with van der Waals surface area (Å²) < 4.78 is 55.6. The Balaban J connectivity index is 2.94. The fourth-order valence-electron chi connectivity index (χ4n) is 1.62. The molecule has 1 amide bonds. The fraction of sp³-hybridized carbons (Fsp3) is 0.462. The summed E-state index contributed by atoms with van der Waals surface area (Å²) in [7, 11) is 1.45. The monoisotopic (exact) mass is 293 g/mol. The summed E-state index contributed by atoms with van der Waals surface area (Å²) in [5.74, 6) is -2.10. The molecule has 0 radical (unpaired) electrons. The summed E-state index contributed by atoms with van der Waals surface area (Å²) in [6, 6.07) is 1.84. The van der Waals surface area contributed by atoms with E-state index in [-0.39, 0.29) is 18.2 Å². The first-order chi connectivity index (χ1) is 9.29. The van der Waals surface area contributed by atoms with Crippen LogP contribution in [0.1, 0.15) is 29.3 Å². The molecule has 1 rings (SSSR count). The van der Waals surface area contributed by atoms with Crippen molar-refractivity contribution in [1.29, 1.82) is 0 Å². The van der Waals surface area contributed by atoms with Gasteiger partial charge in [0.1, 0.15) is 5.82 Å². The van der Waals surface area contributed by atoms with Crippen LogP contribution in [0.2, 0.25) is 0 Å². The molecule has 0 saturated carbocycles. The van der Waals surface area contributed by atoms with Crippen molar-refractivity contribution in [2.45, 2.75) is 25.6 Å². The molecule has 3 nitrogen and oxygen atoms in total. The van der Waals surface area contributed by atoms with E-state index in [4.69, 9.17) is 4.74 Å². The zero-order valence-corrected chi connectivity index (χ0v) is 11.1. The minimum absolute atomic E-state index is 0.242. The number of nitrogens with one attached hydrogen (secondary N) is 1. The Kier molecular flexibility index (Phi) is 5.50. The van der Waals surface area contributed by atoms with Crippen LogP contribution in [-0.4, -0.2) is 25.7 Å². The van der Waals surface area contributed by atoms with Gasteiger partial charge in [-0.2, -0.15) is 13.2 Å². The molecule has 0 aromatic heterocycles. The third kappa shape index (κ3) is 4.19. The van der Waals surface area contributed by atoms with E-state index in [0.717, 1.165) is 6.07 Å². The molecular weight excluding hydrogens is 278 g/mol. The number of methoxy groups -OCH3 is 1. The second-order valence-electron chi connectivity index (χ2n) is 4.23. The first kappa shape index (κ1) is 16.4. The van der Waals surface area contributed by atoms with Crippen molar-refractivity contribution < 1.29 is 27.1 Å². The molecule has 112 valence electrons. The maximum absolute atomic E-state index is 13.1. The van der Waals surface area contributed by atoms with Gasteiger partial charge in [-0.05, 0) is 24.6 Å². The fourth-order valence-corrected chi connectivity index (χ4v) is 1.62. The van der Waals surface area contributed by atoms with Gasteiger partial charge in [0.15, 0.2) is 0 Å². The van der Waals surface area contributed by atoms with Crippen molar-refractivity contribution in [3.63, 3.8) is 0 Å². The minimum Gasteiger partial charge on any atom is -0.383 e. The van der Waals surface area contributed by atoms with Crippen molar-refractivity contribution in [1.82, 2.24) is 5.32 Å². The Morgan fingerprint density at radius 1 is 1.40 bits per heavy atom. The molecule has 7 heteroatoms. The lowest BCUT2D eigenvalue weighted by molar-refractivity contribution is -0.140. The van der Waals surface area contributed by atoms with Crippen LogP contribution in [0.15, 0.2) is 18.2 Å². The van der Waals surface area contributed by atoms with E-state index >= 15 is 0 Å². The summed E-state index contributed by atoms with van der Waals surface area (Å²) in [5, 5.41) is 2.53. The van der Waals surface area contributed by atoms with Gasteiger partial charge in [-0.3, -0.25) is 4.79 Å². The molecule has 0 aliphatic heterocycles. The largest absolute Gasteiger partial charge is 0.419 e. The van der Waals surface area contributed by atoms with Crippen molar-refractivity contribution in [3.05, 3.63) is 35.1 Å². The molecule has 0 aliphatic rings. The van der Waals surface area contributed by atoms with Gasteiger partial charge in [-0.25, -0.2) is 4.39 Å². The Hall–Kier alpha value is -1.63. The molecule has 0 bridgehead atoms. The smallest absolute Gasteiger partial charge is 0.383 e. The normalized spacial score (nSPS) is 13.1. The third-order valence-electron chi connectivity index (χ3n) is 2.73. The molecule has 1 atom stereocenters. The second kappa shape index (κ2) is 6.69. The molecule has 1 N–H and O–H groups in total. The number of hydrogen-bond acceptors (Lipinski definition) is 2. The lowest BCUT2D eigenvalue weighted by Gasteiger charge is -2.16. The Labute approximate surface area is 113 Å². The maximum Gasteiger partial charge on any atom is 0.419 e. The van der Waals surface area contributed by atoms with Crippen LogP contribution in [0.25, 0.3) is 0 Å². The second-order valence-corrected chi connectivity index (χ2v) is 4.23. The van der Waals surface area contributed by atoms with Gasteiger partial charge in [-0.1, -0.05) is 6.92 Å². The van der Waals surface area contributed by atoms with Gasteiger partial charge >= 0.3 is 6.18 Å². The maximum atomic E-state index is 13.1. The van der Waals surface area contributed by atoms with Crippen LogP contribution in [0.5, 0.6) is 0 Å². The van der Waals surface area contributed by atoms with Crippen LogP contribution in [-0.2, 0) is 10.9 Å². The standard InChI is InChI=1S/C13H15F4NO2/c1-3-9(7-20-2)18-12(19)8-4-5-11(14)10(6-8)13(15,16)17/h4-6,9H,3,7H2,1-2H3,(H,18,19). The molecule has 0 spiro atoms. The molecule has 1 unspecified atom stereocenters. The molecule has 1 aromatic carbocycles. The topological polar surface area (TPSA) is 38.3 Å². The summed E-state index contributed by atoms with van der Waals surface area (Å²) in [4.78, 5) is 11.8. The Bertz CT molecular complexity index is 474. The molecule has 1 aromatic rings. The number of amides is 1. The zero-order valence-electron chi connectivity index (χ0n) is 11.1. The van der Waals surface area contributed by atoms with E-state index in [1.807, 2.05) is 0 Å². The number of hydrogen-bond donors (Lipinski definition) is 1. The molecule has 0 saturated heterocycles. The summed E-state index contributed by atoms with van der Waals surface area (Å²) in [5.41, 5.74) is -1.70. The SMILES string of the molecule is CCC(COC)NC(=O)c1ccc(F)c(C(F)(F)F)c1. The van der Waals surface area contributed by atoms with Crippen LogP contribution in [0.3, 0.4) is 0 Å². The molecule has 0 heterocycles. The minimum atomic E-state index is -4.84. The van der Waals surface area contributed by atoms with Gasteiger partial charge in [0.25, 0.3) is 5.91 Å². The average Bonchev–Trinajstić information content (AvgIpc) is 2.37. The van der Waals surface area contributed by atoms with Gasteiger partial charge in [-0.15, -0.1) is 0 Å². The predicted octanol–water partition coefficient (Wildman–Crippen LogP) is 3.00. The van der Waals surface area contributed by atoms with Gasteiger partial charge in [0.05, 0.1) is 18.2 Å². The number of carbonyl (C=O) groups is 1. The molecule has 0 aliphatic carbocycles. The summed E-state index contributed by atoms with van der Waals surface area (Å²) >= 11 is 0. The van der Waals surface area contributed by atoms with Crippen LogP contribution >= 0.6 is 0 Å². The number of ether oxygens (including phenoxy) is 1. The number of alkyl halides is 3. The first-order valence-electron chi connectivity index (χ1n) is 5.96. The van der Waals surface area contributed by atoms with E-state index in [9.17, 15) is 22.4 Å². The third-order valence-corrected chi connectivity index (χ3v) is 2.73. The number of benzene rings is 1. The van der Waals surface area contributed by atoms with Gasteiger partial charge in [0.2, 0.25) is 0 Å². The van der Waals surface area contributed by atoms with Crippen molar-refractivity contribution >= 4 is 5.91 Å². The summed E-state index contributed by atoms with van der Waals surface area (Å²) in [6.45, 7) is 2.05. The van der Waals surface area contributed by atoms with E-state index in [1.165, 1.54) is 7.11 Å². The quantitative estimate of drug-likeness (QED) is 0.848. The summed E-state index contributed by atoms with van der Waals surface area (Å²) in [6.07, 6.45) is -4.27. The molecular formula is C13H15F4NO2. The first-order valence-corrected chi connectivity index (χ1v) is 5.96. The Morgan fingerprint density at radius 2 is 2.05 bits per heavy atom. The number of rotatable bonds is 5. The van der Waals surface area contributed by atoms with Crippen LogP contribution in [0.4, 0.5) is 17.6 Å².